The van der Waals surface area contributed by atoms with Crippen LogP contribution in [0.15, 0.2) is 54.9 Å². The summed E-state index contributed by atoms with van der Waals surface area (Å²) in [5, 5.41) is 3.24. The van der Waals surface area contributed by atoms with Crippen LogP contribution in [-0.4, -0.2) is 25.8 Å². The molecule has 2 heterocycles. The molecule has 0 saturated carbocycles. The van der Waals surface area contributed by atoms with E-state index in [1.165, 1.54) is 12.4 Å². The fourth-order valence-corrected chi connectivity index (χ4v) is 2.57. The standard InChI is InChI=1S/C19H17N7O2/c20-13-3-6-15-16(7-13)26-18(25-15)22-8-11-1-4-14(5-2-11)28-19-23-9-12(10-24-19)17(21)27/h1-7,9-10H,8,20H2,(H2,21,27)(H2,22,25,26). The lowest BCUT2D eigenvalue weighted by Gasteiger charge is -2.06. The molecule has 0 atom stereocenters. The van der Waals surface area contributed by atoms with Crippen LogP contribution >= 0.6 is 0 Å². The molecule has 6 N–H and O–H groups in total. The van der Waals surface area contributed by atoms with Gasteiger partial charge in [-0.05, 0) is 35.9 Å². The summed E-state index contributed by atoms with van der Waals surface area (Å²) in [6.07, 6.45) is 2.65. The van der Waals surface area contributed by atoms with E-state index in [0.29, 0.717) is 23.9 Å². The lowest BCUT2D eigenvalue weighted by molar-refractivity contribution is 0.0999. The second-order valence-electron chi connectivity index (χ2n) is 6.08. The van der Waals surface area contributed by atoms with E-state index in [0.717, 1.165) is 16.6 Å². The van der Waals surface area contributed by atoms with Gasteiger partial charge in [-0.25, -0.2) is 15.0 Å². The number of nitrogens with zero attached hydrogens (tertiary/aromatic N) is 3. The molecular formula is C19H17N7O2. The number of benzene rings is 2. The largest absolute Gasteiger partial charge is 0.424 e. The first-order chi connectivity index (χ1) is 13.6. The molecule has 2 aromatic carbocycles. The summed E-state index contributed by atoms with van der Waals surface area (Å²) in [7, 11) is 0. The lowest BCUT2D eigenvalue weighted by Crippen LogP contribution is -2.11. The van der Waals surface area contributed by atoms with E-state index >= 15 is 0 Å². The number of aromatic amines is 1. The molecule has 0 bridgehead atoms. The Morgan fingerprint density at radius 1 is 1.11 bits per heavy atom. The number of primary amides is 1. The third-order valence-corrected chi connectivity index (χ3v) is 4.01. The molecule has 0 saturated heterocycles. The predicted octanol–water partition coefficient (Wildman–Crippen LogP) is 2.44. The monoisotopic (exact) mass is 375 g/mol. The summed E-state index contributed by atoms with van der Waals surface area (Å²) in [5.41, 5.74) is 14.6. The molecule has 0 aliphatic heterocycles. The van der Waals surface area contributed by atoms with Crippen molar-refractivity contribution in [3.8, 4) is 11.8 Å². The molecule has 0 spiro atoms. The van der Waals surface area contributed by atoms with Crippen LogP contribution in [0.4, 0.5) is 11.6 Å². The highest BCUT2D eigenvalue weighted by Gasteiger charge is 2.06. The topological polar surface area (TPSA) is 145 Å². The highest BCUT2D eigenvalue weighted by atomic mass is 16.5. The van der Waals surface area contributed by atoms with Gasteiger partial charge in [-0.15, -0.1) is 0 Å². The van der Waals surface area contributed by atoms with Gasteiger partial charge in [-0.3, -0.25) is 4.79 Å². The Labute approximate surface area is 159 Å². The molecule has 0 fully saturated rings. The average Bonchev–Trinajstić information content (AvgIpc) is 3.10. The van der Waals surface area contributed by atoms with Gasteiger partial charge in [-0.2, -0.15) is 0 Å². The summed E-state index contributed by atoms with van der Waals surface area (Å²) >= 11 is 0. The van der Waals surface area contributed by atoms with Gasteiger partial charge in [0.25, 0.3) is 5.91 Å². The highest BCUT2D eigenvalue weighted by Crippen LogP contribution is 2.20. The fourth-order valence-electron chi connectivity index (χ4n) is 2.57. The van der Waals surface area contributed by atoms with Gasteiger partial charge < -0.3 is 26.5 Å². The zero-order chi connectivity index (χ0) is 19.5. The first kappa shape index (κ1) is 17.3. The Bertz CT molecular complexity index is 1120. The van der Waals surface area contributed by atoms with E-state index in [9.17, 15) is 4.79 Å². The zero-order valence-corrected chi connectivity index (χ0v) is 14.7. The summed E-state index contributed by atoms with van der Waals surface area (Å²) in [6.45, 7) is 0.583. The Hall–Kier alpha value is -4.14. The number of nitrogens with one attached hydrogen (secondary N) is 2. The van der Waals surface area contributed by atoms with Crippen LogP contribution < -0.4 is 21.5 Å². The summed E-state index contributed by atoms with van der Waals surface area (Å²) in [4.78, 5) is 26.6. The quantitative estimate of drug-likeness (QED) is 0.379. The van der Waals surface area contributed by atoms with Crippen LogP contribution in [0.2, 0.25) is 0 Å². The van der Waals surface area contributed by atoms with Crippen molar-refractivity contribution in [3.05, 3.63) is 66.0 Å². The molecule has 28 heavy (non-hydrogen) atoms. The molecule has 2 aromatic heterocycles. The highest BCUT2D eigenvalue weighted by molar-refractivity contribution is 5.92. The average molecular weight is 375 g/mol. The van der Waals surface area contributed by atoms with Crippen molar-refractivity contribution in [1.82, 2.24) is 19.9 Å². The zero-order valence-electron chi connectivity index (χ0n) is 14.7. The maximum Gasteiger partial charge on any atom is 0.321 e. The third kappa shape index (κ3) is 3.83. The van der Waals surface area contributed by atoms with Gasteiger partial charge >= 0.3 is 6.01 Å². The number of hydrogen-bond donors (Lipinski definition) is 4. The van der Waals surface area contributed by atoms with E-state index in [4.69, 9.17) is 16.2 Å². The molecule has 0 aliphatic rings. The van der Waals surface area contributed by atoms with Gasteiger partial charge in [0, 0.05) is 24.6 Å². The Balaban J connectivity index is 1.37. The molecule has 1 amide bonds. The number of anilines is 2. The molecule has 9 heteroatoms. The van der Waals surface area contributed by atoms with Crippen molar-refractivity contribution in [2.45, 2.75) is 6.54 Å². The number of aromatic nitrogens is 4. The van der Waals surface area contributed by atoms with Gasteiger partial charge in [0.1, 0.15) is 5.75 Å². The molecule has 0 radical (unpaired) electrons. The number of carbonyl (C=O) groups is 1. The fraction of sp³-hybridized carbons (Fsp3) is 0.0526. The molecule has 4 rings (SSSR count). The van der Waals surface area contributed by atoms with Crippen molar-refractivity contribution in [3.63, 3.8) is 0 Å². The van der Waals surface area contributed by atoms with Crippen LogP contribution in [0, 0.1) is 0 Å². The summed E-state index contributed by atoms with van der Waals surface area (Å²) in [6, 6.07) is 13.1. The summed E-state index contributed by atoms with van der Waals surface area (Å²) < 4.78 is 5.56. The Kier molecular flexibility index (Phi) is 4.47. The van der Waals surface area contributed by atoms with Gasteiger partial charge in [0.2, 0.25) is 5.95 Å². The van der Waals surface area contributed by atoms with Crippen LogP contribution in [0.25, 0.3) is 11.0 Å². The molecular weight excluding hydrogens is 358 g/mol. The van der Waals surface area contributed by atoms with Crippen LogP contribution in [0.3, 0.4) is 0 Å². The second kappa shape index (κ2) is 7.23. The second-order valence-corrected chi connectivity index (χ2v) is 6.08. The van der Waals surface area contributed by atoms with E-state index in [-0.39, 0.29) is 11.6 Å². The van der Waals surface area contributed by atoms with E-state index < -0.39 is 5.91 Å². The maximum absolute atomic E-state index is 11.0. The number of hydrogen-bond acceptors (Lipinski definition) is 7. The van der Waals surface area contributed by atoms with Gasteiger partial charge in [0.15, 0.2) is 0 Å². The molecule has 0 unspecified atom stereocenters. The minimum absolute atomic E-state index is 0.137. The Morgan fingerprint density at radius 2 is 1.86 bits per heavy atom. The van der Waals surface area contributed by atoms with Crippen LogP contribution in [0.1, 0.15) is 15.9 Å². The minimum Gasteiger partial charge on any atom is -0.424 e. The number of H-pyrrole nitrogens is 1. The number of nitrogen functional groups attached to an aromatic ring is 1. The summed E-state index contributed by atoms with van der Waals surface area (Å²) in [5.74, 6) is 0.662. The molecule has 0 aliphatic carbocycles. The first-order valence-electron chi connectivity index (χ1n) is 8.44. The molecule has 140 valence electrons. The molecule has 9 nitrogen and oxygen atoms in total. The van der Waals surface area contributed by atoms with Crippen LogP contribution in [-0.2, 0) is 6.54 Å². The normalized spacial score (nSPS) is 10.7. The number of imidazole rings is 1. The van der Waals surface area contributed by atoms with Gasteiger partial charge in [-0.1, -0.05) is 12.1 Å². The van der Waals surface area contributed by atoms with Crippen LogP contribution in [0.5, 0.6) is 11.8 Å². The number of carbonyl (C=O) groups excluding carboxylic acids is 1. The number of amides is 1. The Morgan fingerprint density at radius 3 is 2.57 bits per heavy atom. The minimum atomic E-state index is -0.587. The predicted molar refractivity (Wildman–Crippen MR) is 105 cm³/mol. The van der Waals surface area contributed by atoms with Crippen molar-refractivity contribution >= 4 is 28.6 Å². The van der Waals surface area contributed by atoms with Crippen molar-refractivity contribution < 1.29 is 9.53 Å². The lowest BCUT2D eigenvalue weighted by atomic mass is 10.2. The van der Waals surface area contributed by atoms with E-state index in [1.807, 2.05) is 42.5 Å². The number of rotatable bonds is 6. The van der Waals surface area contributed by atoms with E-state index in [2.05, 4.69) is 25.3 Å². The molecule has 4 aromatic rings. The van der Waals surface area contributed by atoms with Crippen molar-refractivity contribution in [2.75, 3.05) is 11.1 Å². The smallest absolute Gasteiger partial charge is 0.321 e. The van der Waals surface area contributed by atoms with E-state index in [1.54, 1.807) is 0 Å². The number of ether oxygens (including phenoxy) is 1. The number of nitrogens with two attached hydrogens (primary N) is 2. The van der Waals surface area contributed by atoms with Crippen molar-refractivity contribution in [2.24, 2.45) is 5.73 Å². The first-order valence-corrected chi connectivity index (χ1v) is 8.44. The third-order valence-electron chi connectivity index (χ3n) is 4.01. The SMILES string of the molecule is NC(=O)c1cnc(Oc2ccc(CNc3nc4ccc(N)cc4[nH]3)cc2)nc1. The maximum atomic E-state index is 11.0. The van der Waals surface area contributed by atoms with Gasteiger partial charge in [0.05, 0.1) is 16.6 Å². The number of fused-ring (bicyclic) bond motifs is 1. The van der Waals surface area contributed by atoms with Crippen molar-refractivity contribution in [1.29, 1.82) is 0 Å².